The van der Waals surface area contributed by atoms with Gasteiger partial charge in [0.25, 0.3) is 5.69 Å². The van der Waals surface area contributed by atoms with E-state index >= 15 is 0 Å². The van der Waals surface area contributed by atoms with Crippen LogP contribution < -0.4 is 4.90 Å². The molecule has 0 spiro atoms. The number of benzene rings is 1. The number of aromatic nitrogens is 2. The van der Waals surface area contributed by atoms with Gasteiger partial charge in [-0.1, -0.05) is 25.9 Å². The highest BCUT2D eigenvalue weighted by atomic mass is 19.4. The molecule has 1 saturated heterocycles. The summed E-state index contributed by atoms with van der Waals surface area (Å²) in [5, 5.41) is 15.3. The first-order valence-electron chi connectivity index (χ1n) is 9.11. The molecule has 1 fully saturated rings. The molecule has 11 heteroatoms. The third-order valence-corrected chi connectivity index (χ3v) is 4.71. The van der Waals surface area contributed by atoms with Crippen LogP contribution in [0.15, 0.2) is 22.7 Å². The Morgan fingerprint density at radius 2 is 1.83 bits per heavy atom. The molecular weight excluding hydrogens is 391 g/mol. The molecule has 158 valence electrons. The highest BCUT2D eigenvalue weighted by Gasteiger charge is 2.34. The molecule has 29 heavy (non-hydrogen) atoms. The highest BCUT2D eigenvalue weighted by Crippen LogP contribution is 2.36. The summed E-state index contributed by atoms with van der Waals surface area (Å²) in [4.78, 5) is 18.7. The molecule has 2 aromatic rings. The number of nitro benzene ring substituents is 1. The van der Waals surface area contributed by atoms with E-state index in [9.17, 15) is 23.3 Å². The number of anilines is 1. The average Bonchev–Trinajstić information content (AvgIpc) is 3.10. The smallest absolute Gasteiger partial charge is 0.363 e. The number of halogens is 3. The van der Waals surface area contributed by atoms with Crippen LogP contribution in [0.5, 0.6) is 0 Å². The molecule has 2 heterocycles. The molecule has 0 unspecified atom stereocenters. The lowest BCUT2D eigenvalue weighted by atomic mass is 9.96. The number of piperazine rings is 1. The molecule has 1 aromatic heterocycles. The standard InChI is InChI=1S/C18H22F3N5O3/c1-17(2,3)16-22-15(29-23-16)11-24-6-8-25(9-7-24)13-5-4-12(18(19,20)21)10-14(13)26(27)28/h4-5,10H,6-9,11H2,1-3H3. The summed E-state index contributed by atoms with van der Waals surface area (Å²) in [7, 11) is 0. The molecular formula is C18H22F3N5O3. The largest absolute Gasteiger partial charge is 0.416 e. The third-order valence-electron chi connectivity index (χ3n) is 4.71. The molecule has 8 nitrogen and oxygen atoms in total. The van der Waals surface area contributed by atoms with Gasteiger partial charge in [-0.05, 0) is 12.1 Å². The van der Waals surface area contributed by atoms with Crippen molar-refractivity contribution in [2.45, 2.75) is 38.9 Å². The SMILES string of the molecule is CC(C)(C)c1noc(CN2CCN(c3ccc(C(F)(F)F)cc3[N+](=O)[O-])CC2)n1. The van der Waals surface area contributed by atoms with E-state index in [0.717, 1.165) is 6.07 Å². The average molecular weight is 413 g/mol. The Morgan fingerprint density at radius 3 is 2.34 bits per heavy atom. The van der Waals surface area contributed by atoms with Crippen molar-refractivity contribution in [2.75, 3.05) is 31.1 Å². The van der Waals surface area contributed by atoms with Gasteiger partial charge in [0.2, 0.25) is 5.89 Å². The second-order valence-electron chi connectivity index (χ2n) is 7.98. The Morgan fingerprint density at radius 1 is 1.17 bits per heavy atom. The van der Waals surface area contributed by atoms with Gasteiger partial charge in [-0.25, -0.2) is 0 Å². The van der Waals surface area contributed by atoms with Crippen LogP contribution in [0.4, 0.5) is 24.5 Å². The van der Waals surface area contributed by atoms with Gasteiger partial charge in [-0.15, -0.1) is 0 Å². The van der Waals surface area contributed by atoms with E-state index in [1.54, 1.807) is 4.90 Å². The molecule has 1 aliphatic rings. The lowest BCUT2D eigenvalue weighted by Crippen LogP contribution is -2.46. The van der Waals surface area contributed by atoms with Crippen LogP contribution in [0.3, 0.4) is 0 Å². The van der Waals surface area contributed by atoms with Gasteiger partial charge in [-0.3, -0.25) is 15.0 Å². The lowest BCUT2D eigenvalue weighted by molar-refractivity contribution is -0.384. The maximum absolute atomic E-state index is 12.9. The molecule has 1 aromatic carbocycles. The quantitative estimate of drug-likeness (QED) is 0.559. The first kappa shape index (κ1) is 21.0. The topological polar surface area (TPSA) is 88.5 Å². The van der Waals surface area contributed by atoms with Crippen LogP contribution in [0.2, 0.25) is 0 Å². The number of hydrogen-bond acceptors (Lipinski definition) is 7. The lowest BCUT2D eigenvalue weighted by Gasteiger charge is -2.35. The van der Waals surface area contributed by atoms with E-state index in [1.165, 1.54) is 6.07 Å². The predicted octanol–water partition coefficient (Wildman–Crippen LogP) is 3.62. The number of rotatable bonds is 4. The summed E-state index contributed by atoms with van der Waals surface area (Å²) in [5.41, 5.74) is -1.60. The van der Waals surface area contributed by atoms with E-state index < -0.39 is 22.4 Å². The van der Waals surface area contributed by atoms with Crippen molar-refractivity contribution in [3.8, 4) is 0 Å². The Bertz CT molecular complexity index is 884. The maximum Gasteiger partial charge on any atom is 0.416 e. The molecule has 0 atom stereocenters. The Labute approximate surface area is 165 Å². The van der Waals surface area contributed by atoms with Gasteiger partial charge in [-0.2, -0.15) is 18.2 Å². The molecule has 0 radical (unpaired) electrons. The van der Waals surface area contributed by atoms with Gasteiger partial charge >= 0.3 is 6.18 Å². The van der Waals surface area contributed by atoms with Crippen LogP contribution >= 0.6 is 0 Å². The van der Waals surface area contributed by atoms with E-state index in [-0.39, 0.29) is 11.1 Å². The van der Waals surface area contributed by atoms with E-state index in [2.05, 4.69) is 15.0 Å². The van der Waals surface area contributed by atoms with Gasteiger partial charge < -0.3 is 9.42 Å². The van der Waals surface area contributed by atoms with Crippen molar-refractivity contribution in [3.63, 3.8) is 0 Å². The van der Waals surface area contributed by atoms with Crippen LogP contribution in [0, 0.1) is 10.1 Å². The normalized spacial score (nSPS) is 16.3. The minimum Gasteiger partial charge on any atom is -0.363 e. The second kappa shape index (κ2) is 7.62. The summed E-state index contributed by atoms with van der Waals surface area (Å²) in [6, 6.07) is 2.64. The van der Waals surface area contributed by atoms with Crippen LogP contribution in [-0.4, -0.2) is 46.1 Å². The van der Waals surface area contributed by atoms with Crippen molar-refractivity contribution < 1.29 is 22.6 Å². The second-order valence-corrected chi connectivity index (χ2v) is 7.98. The monoisotopic (exact) mass is 413 g/mol. The number of alkyl halides is 3. The van der Waals surface area contributed by atoms with Crippen molar-refractivity contribution in [1.82, 2.24) is 15.0 Å². The fourth-order valence-corrected chi connectivity index (χ4v) is 3.08. The minimum absolute atomic E-state index is 0.190. The van der Waals surface area contributed by atoms with E-state index in [1.807, 2.05) is 20.8 Å². The zero-order chi connectivity index (χ0) is 21.4. The summed E-state index contributed by atoms with van der Waals surface area (Å²) < 4.78 is 43.9. The van der Waals surface area contributed by atoms with Gasteiger partial charge in [0.05, 0.1) is 17.0 Å². The Hall–Kier alpha value is -2.69. The molecule has 0 saturated carbocycles. The van der Waals surface area contributed by atoms with Crippen LogP contribution in [0.1, 0.15) is 38.0 Å². The van der Waals surface area contributed by atoms with Crippen molar-refractivity contribution in [1.29, 1.82) is 0 Å². The number of nitro groups is 1. The minimum atomic E-state index is -4.63. The van der Waals surface area contributed by atoms with Crippen molar-refractivity contribution in [2.24, 2.45) is 0 Å². The number of nitrogens with zero attached hydrogens (tertiary/aromatic N) is 5. The maximum atomic E-state index is 12.9. The fourth-order valence-electron chi connectivity index (χ4n) is 3.08. The molecule has 0 aliphatic carbocycles. The Kier molecular flexibility index (Phi) is 5.52. The van der Waals surface area contributed by atoms with Crippen molar-refractivity contribution >= 4 is 11.4 Å². The van der Waals surface area contributed by atoms with E-state index in [4.69, 9.17) is 4.52 Å². The highest BCUT2D eigenvalue weighted by molar-refractivity contribution is 5.65. The number of hydrogen-bond donors (Lipinski definition) is 0. The summed E-state index contributed by atoms with van der Waals surface area (Å²) in [6.07, 6.45) is -4.63. The molecule has 1 aliphatic heterocycles. The zero-order valence-electron chi connectivity index (χ0n) is 16.4. The first-order valence-corrected chi connectivity index (χ1v) is 9.11. The zero-order valence-corrected chi connectivity index (χ0v) is 16.4. The summed E-state index contributed by atoms with van der Waals surface area (Å²) in [5.74, 6) is 1.11. The van der Waals surface area contributed by atoms with Crippen LogP contribution in [-0.2, 0) is 18.1 Å². The molecule has 0 N–H and O–H groups in total. The van der Waals surface area contributed by atoms with E-state index in [0.29, 0.717) is 50.5 Å². The Balaban J connectivity index is 1.67. The fraction of sp³-hybridized carbons (Fsp3) is 0.556. The molecule has 3 rings (SSSR count). The van der Waals surface area contributed by atoms with Crippen LogP contribution in [0.25, 0.3) is 0 Å². The summed E-state index contributed by atoms with van der Waals surface area (Å²) in [6.45, 7) is 8.40. The molecule has 0 bridgehead atoms. The van der Waals surface area contributed by atoms with Crippen molar-refractivity contribution in [3.05, 3.63) is 45.6 Å². The van der Waals surface area contributed by atoms with Gasteiger partial charge in [0.15, 0.2) is 5.82 Å². The first-order chi connectivity index (χ1) is 13.4. The third kappa shape index (κ3) is 4.84. The summed E-state index contributed by atoms with van der Waals surface area (Å²) >= 11 is 0. The predicted molar refractivity (Wildman–Crippen MR) is 98.6 cm³/mol. The van der Waals surface area contributed by atoms with Gasteiger partial charge in [0.1, 0.15) is 5.69 Å². The van der Waals surface area contributed by atoms with Gasteiger partial charge in [0, 0.05) is 37.7 Å². The molecule has 0 amide bonds.